The first kappa shape index (κ1) is 17.9. The standard InChI is InChI=1S/C20H16ClFN2O2/c1-13-6-7-14(10-18(13)22)20(26)23-16-8-9-19(25)24(12-16)11-15-4-2-3-5-17(15)21/h2-10,12H,11H2,1H3,(H,23,26). The first-order valence-electron chi connectivity index (χ1n) is 7.95. The smallest absolute Gasteiger partial charge is 0.255 e. The van der Waals surface area contributed by atoms with E-state index in [4.69, 9.17) is 11.6 Å². The molecule has 1 amide bonds. The summed E-state index contributed by atoms with van der Waals surface area (Å²) in [6.07, 6.45) is 1.54. The molecule has 0 fully saturated rings. The van der Waals surface area contributed by atoms with Gasteiger partial charge in [0.05, 0.1) is 12.2 Å². The number of hydrogen-bond acceptors (Lipinski definition) is 2. The van der Waals surface area contributed by atoms with Crippen LogP contribution in [0.25, 0.3) is 0 Å². The fourth-order valence-electron chi connectivity index (χ4n) is 2.48. The molecular formula is C20H16ClFN2O2. The van der Waals surface area contributed by atoms with Gasteiger partial charge in [0.1, 0.15) is 5.82 Å². The molecule has 0 spiro atoms. The molecule has 0 aliphatic carbocycles. The summed E-state index contributed by atoms with van der Waals surface area (Å²) in [6.45, 7) is 1.91. The number of aryl methyl sites for hydroxylation is 1. The molecule has 0 bridgehead atoms. The lowest BCUT2D eigenvalue weighted by Gasteiger charge is -2.11. The summed E-state index contributed by atoms with van der Waals surface area (Å²) in [5, 5.41) is 3.23. The lowest BCUT2D eigenvalue weighted by Crippen LogP contribution is -2.21. The van der Waals surface area contributed by atoms with Crippen molar-refractivity contribution in [3.63, 3.8) is 0 Å². The van der Waals surface area contributed by atoms with E-state index in [1.54, 1.807) is 25.1 Å². The van der Waals surface area contributed by atoms with Crippen LogP contribution in [0, 0.1) is 12.7 Å². The number of halogens is 2. The maximum absolute atomic E-state index is 13.6. The van der Waals surface area contributed by atoms with Gasteiger partial charge in [-0.3, -0.25) is 9.59 Å². The largest absolute Gasteiger partial charge is 0.321 e. The highest BCUT2D eigenvalue weighted by atomic mass is 35.5. The van der Waals surface area contributed by atoms with Gasteiger partial charge in [-0.15, -0.1) is 0 Å². The third-order valence-corrected chi connectivity index (χ3v) is 4.34. The summed E-state index contributed by atoms with van der Waals surface area (Å²) < 4.78 is 15.1. The molecule has 0 saturated heterocycles. The Morgan fingerprint density at radius 1 is 1.15 bits per heavy atom. The highest BCUT2D eigenvalue weighted by molar-refractivity contribution is 6.31. The van der Waals surface area contributed by atoms with Gasteiger partial charge in [0.25, 0.3) is 11.5 Å². The summed E-state index contributed by atoms with van der Waals surface area (Å²) in [7, 11) is 0. The SMILES string of the molecule is Cc1ccc(C(=O)Nc2ccc(=O)n(Cc3ccccc3Cl)c2)cc1F. The van der Waals surface area contributed by atoms with Gasteiger partial charge >= 0.3 is 0 Å². The van der Waals surface area contributed by atoms with E-state index >= 15 is 0 Å². The molecular weight excluding hydrogens is 355 g/mol. The second-order valence-electron chi connectivity index (χ2n) is 5.89. The van der Waals surface area contributed by atoms with Crippen LogP contribution in [0.15, 0.2) is 65.6 Å². The first-order valence-corrected chi connectivity index (χ1v) is 8.33. The van der Waals surface area contributed by atoms with E-state index in [1.165, 1.54) is 29.0 Å². The Kier molecular flexibility index (Phi) is 5.19. The molecule has 1 heterocycles. The predicted octanol–water partition coefficient (Wildman–Crippen LogP) is 4.25. The van der Waals surface area contributed by atoms with E-state index in [0.29, 0.717) is 16.3 Å². The van der Waals surface area contributed by atoms with Gasteiger partial charge in [-0.25, -0.2) is 4.39 Å². The fraction of sp³-hybridized carbons (Fsp3) is 0.100. The lowest BCUT2D eigenvalue weighted by molar-refractivity contribution is 0.102. The molecule has 6 heteroatoms. The highest BCUT2D eigenvalue weighted by Gasteiger charge is 2.10. The number of benzene rings is 2. The van der Waals surface area contributed by atoms with Crippen LogP contribution in [-0.4, -0.2) is 10.5 Å². The second kappa shape index (κ2) is 7.54. The van der Waals surface area contributed by atoms with Gasteiger partial charge in [0.2, 0.25) is 0 Å². The summed E-state index contributed by atoms with van der Waals surface area (Å²) in [5.41, 5.74) is 1.68. The molecule has 132 valence electrons. The summed E-state index contributed by atoms with van der Waals surface area (Å²) >= 11 is 6.14. The second-order valence-corrected chi connectivity index (χ2v) is 6.30. The molecule has 26 heavy (non-hydrogen) atoms. The van der Waals surface area contributed by atoms with Crippen molar-refractivity contribution in [2.45, 2.75) is 13.5 Å². The molecule has 3 rings (SSSR count). The minimum atomic E-state index is -0.452. The molecule has 4 nitrogen and oxygen atoms in total. The van der Waals surface area contributed by atoms with Crippen LogP contribution in [0.3, 0.4) is 0 Å². The maximum Gasteiger partial charge on any atom is 0.255 e. The van der Waals surface area contributed by atoms with Crippen LogP contribution in [0.1, 0.15) is 21.5 Å². The van der Waals surface area contributed by atoms with Crippen LogP contribution in [0.2, 0.25) is 5.02 Å². The van der Waals surface area contributed by atoms with Crippen molar-refractivity contribution in [1.82, 2.24) is 4.57 Å². The Morgan fingerprint density at radius 2 is 1.92 bits per heavy atom. The van der Waals surface area contributed by atoms with Crippen molar-refractivity contribution in [3.8, 4) is 0 Å². The highest BCUT2D eigenvalue weighted by Crippen LogP contribution is 2.17. The van der Waals surface area contributed by atoms with Crippen molar-refractivity contribution in [2.24, 2.45) is 0 Å². The average Bonchev–Trinajstić information content (AvgIpc) is 2.62. The van der Waals surface area contributed by atoms with Crippen LogP contribution in [0.5, 0.6) is 0 Å². The molecule has 0 saturated carbocycles. The van der Waals surface area contributed by atoms with E-state index in [9.17, 15) is 14.0 Å². The quantitative estimate of drug-likeness (QED) is 0.746. The Bertz CT molecular complexity index is 1030. The summed E-state index contributed by atoms with van der Waals surface area (Å²) in [4.78, 5) is 24.4. The fourth-order valence-corrected chi connectivity index (χ4v) is 2.67. The van der Waals surface area contributed by atoms with Gasteiger partial charge in [0, 0.05) is 22.8 Å². The number of anilines is 1. The molecule has 1 N–H and O–H groups in total. The van der Waals surface area contributed by atoms with E-state index in [1.807, 2.05) is 18.2 Å². The molecule has 0 unspecified atom stereocenters. The molecule has 1 aromatic heterocycles. The van der Waals surface area contributed by atoms with Crippen LogP contribution in [0.4, 0.5) is 10.1 Å². The molecule has 0 aliphatic heterocycles. The monoisotopic (exact) mass is 370 g/mol. The Labute approximate surface area is 154 Å². The average molecular weight is 371 g/mol. The zero-order valence-corrected chi connectivity index (χ0v) is 14.8. The number of carbonyl (C=O) groups excluding carboxylic acids is 1. The van der Waals surface area contributed by atoms with Crippen LogP contribution >= 0.6 is 11.6 Å². The zero-order valence-electron chi connectivity index (χ0n) is 14.0. The topological polar surface area (TPSA) is 51.1 Å². The number of pyridine rings is 1. The molecule has 0 aliphatic rings. The minimum Gasteiger partial charge on any atom is -0.321 e. The Balaban J connectivity index is 1.83. The van der Waals surface area contributed by atoms with Gasteiger partial charge < -0.3 is 9.88 Å². The van der Waals surface area contributed by atoms with Crippen molar-refractivity contribution >= 4 is 23.2 Å². The Hall–Kier alpha value is -2.92. The van der Waals surface area contributed by atoms with Crippen molar-refractivity contribution < 1.29 is 9.18 Å². The van der Waals surface area contributed by atoms with Gasteiger partial charge in [-0.2, -0.15) is 0 Å². The molecule has 0 atom stereocenters. The minimum absolute atomic E-state index is 0.206. The zero-order chi connectivity index (χ0) is 18.7. The normalized spacial score (nSPS) is 10.6. The lowest BCUT2D eigenvalue weighted by atomic mass is 10.1. The van der Waals surface area contributed by atoms with Gasteiger partial charge in [0.15, 0.2) is 0 Å². The molecule has 3 aromatic rings. The third kappa shape index (κ3) is 4.00. The summed E-state index contributed by atoms with van der Waals surface area (Å²) in [5.74, 6) is -0.895. The number of amides is 1. The third-order valence-electron chi connectivity index (χ3n) is 3.97. The van der Waals surface area contributed by atoms with Gasteiger partial charge in [-0.05, 0) is 42.3 Å². The maximum atomic E-state index is 13.6. The van der Waals surface area contributed by atoms with E-state index < -0.39 is 11.7 Å². The predicted molar refractivity (Wildman–Crippen MR) is 100 cm³/mol. The van der Waals surface area contributed by atoms with E-state index in [2.05, 4.69) is 5.32 Å². The van der Waals surface area contributed by atoms with Crippen LogP contribution < -0.4 is 10.9 Å². The van der Waals surface area contributed by atoms with Crippen LogP contribution in [-0.2, 0) is 6.54 Å². The number of carbonyl (C=O) groups is 1. The van der Waals surface area contributed by atoms with Crippen molar-refractivity contribution in [3.05, 3.63) is 98.7 Å². The molecule has 2 aromatic carbocycles. The number of hydrogen-bond donors (Lipinski definition) is 1. The number of rotatable bonds is 4. The van der Waals surface area contributed by atoms with E-state index in [0.717, 1.165) is 5.56 Å². The summed E-state index contributed by atoms with van der Waals surface area (Å²) in [6, 6.07) is 14.4. The van der Waals surface area contributed by atoms with Crippen molar-refractivity contribution in [2.75, 3.05) is 5.32 Å². The number of nitrogens with one attached hydrogen (secondary N) is 1. The molecule has 0 radical (unpaired) electrons. The number of nitrogens with zero attached hydrogens (tertiary/aromatic N) is 1. The van der Waals surface area contributed by atoms with Crippen molar-refractivity contribution in [1.29, 1.82) is 0 Å². The Morgan fingerprint density at radius 3 is 2.65 bits per heavy atom. The first-order chi connectivity index (χ1) is 12.4. The van der Waals surface area contributed by atoms with Gasteiger partial charge in [-0.1, -0.05) is 35.9 Å². The van der Waals surface area contributed by atoms with E-state index in [-0.39, 0.29) is 17.7 Å². The number of aromatic nitrogens is 1.